The van der Waals surface area contributed by atoms with Crippen LogP contribution in [0.1, 0.15) is 71.0 Å². The molecule has 0 unspecified atom stereocenters. The molecule has 0 saturated carbocycles. The maximum Gasteiger partial charge on any atom is 0.218 e. The van der Waals surface area contributed by atoms with E-state index in [2.05, 4.69) is 22.2 Å². The first-order chi connectivity index (χ1) is 10.3. The number of hydrogen-bond donors (Lipinski definition) is 1. The van der Waals surface area contributed by atoms with Gasteiger partial charge < -0.3 is 10.1 Å². The van der Waals surface area contributed by atoms with E-state index in [1.165, 1.54) is 51.4 Å². The minimum Gasteiger partial charge on any atom is -0.478 e. The highest BCUT2D eigenvalue weighted by atomic mass is 16.5. The van der Waals surface area contributed by atoms with Crippen molar-refractivity contribution in [3.05, 3.63) is 11.9 Å². The number of aryl methyl sites for hydroxylation is 1. The van der Waals surface area contributed by atoms with Gasteiger partial charge in [0.2, 0.25) is 5.88 Å². The van der Waals surface area contributed by atoms with Gasteiger partial charge in [-0.15, -0.1) is 0 Å². The number of aromatic nitrogens is 2. The molecule has 0 fully saturated rings. The minimum atomic E-state index is 0.633. The van der Waals surface area contributed by atoms with Crippen LogP contribution in [0.5, 0.6) is 5.88 Å². The molecule has 0 aliphatic carbocycles. The van der Waals surface area contributed by atoms with Crippen molar-refractivity contribution >= 4 is 5.82 Å². The Balaban J connectivity index is 2.12. The smallest absolute Gasteiger partial charge is 0.218 e. The Labute approximate surface area is 129 Å². The van der Waals surface area contributed by atoms with Crippen LogP contribution in [0.25, 0.3) is 0 Å². The lowest BCUT2D eigenvalue weighted by molar-refractivity contribution is 0.325. The third-order valence-corrected chi connectivity index (χ3v) is 3.44. The van der Waals surface area contributed by atoms with Gasteiger partial charge in [-0.25, -0.2) is 4.98 Å². The number of hydrogen-bond acceptors (Lipinski definition) is 4. The fourth-order valence-corrected chi connectivity index (χ4v) is 2.33. The summed E-state index contributed by atoms with van der Waals surface area (Å²) in [6, 6.07) is 1.88. The second-order valence-electron chi connectivity index (χ2n) is 5.47. The Hall–Kier alpha value is -1.32. The van der Waals surface area contributed by atoms with Gasteiger partial charge in [0.15, 0.2) is 0 Å². The first-order valence-electron chi connectivity index (χ1n) is 8.48. The van der Waals surface area contributed by atoms with Crippen LogP contribution in [0.4, 0.5) is 5.82 Å². The summed E-state index contributed by atoms with van der Waals surface area (Å²) < 4.78 is 5.43. The average molecular weight is 293 g/mol. The Morgan fingerprint density at radius 3 is 2.29 bits per heavy atom. The van der Waals surface area contributed by atoms with Crippen LogP contribution in [-0.4, -0.2) is 23.1 Å². The Bertz CT molecular complexity index is 382. The first-order valence-corrected chi connectivity index (χ1v) is 8.48. The largest absolute Gasteiger partial charge is 0.478 e. The first kappa shape index (κ1) is 17.7. The topological polar surface area (TPSA) is 47.0 Å². The quantitative estimate of drug-likeness (QED) is 0.566. The second kappa shape index (κ2) is 11.4. The van der Waals surface area contributed by atoms with Crippen LogP contribution >= 0.6 is 0 Å². The molecule has 1 N–H and O–H groups in total. The number of nitrogens with zero attached hydrogens (tertiary/aromatic N) is 2. The number of ether oxygens (including phenoxy) is 1. The van der Waals surface area contributed by atoms with Gasteiger partial charge in [0, 0.05) is 12.6 Å². The third-order valence-electron chi connectivity index (χ3n) is 3.44. The summed E-state index contributed by atoms with van der Waals surface area (Å²) in [5.74, 6) is 2.27. The molecule has 0 atom stereocenters. The van der Waals surface area contributed by atoms with Crippen molar-refractivity contribution in [1.29, 1.82) is 0 Å². The predicted octanol–water partition coefficient (Wildman–Crippen LogP) is 4.74. The number of unbranched alkanes of at least 4 members (excludes halogenated alkanes) is 7. The van der Waals surface area contributed by atoms with E-state index in [0.717, 1.165) is 18.2 Å². The van der Waals surface area contributed by atoms with E-state index in [-0.39, 0.29) is 0 Å². The SMILES string of the molecule is CCCCCCCCCCNc1cc(OCC)nc(C)n1. The molecule has 1 heterocycles. The van der Waals surface area contributed by atoms with Crippen molar-refractivity contribution in [2.24, 2.45) is 0 Å². The number of anilines is 1. The Kier molecular flexibility index (Phi) is 9.58. The summed E-state index contributed by atoms with van der Waals surface area (Å²) in [6.45, 7) is 7.72. The summed E-state index contributed by atoms with van der Waals surface area (Å²) in [6.07, 6.45) is 10.7. The molecule has 1 aromatic rings. The van der Waals surface area contributed by atoms with Crippen LogP contribution in [0.15, 0.2) is 6.07 Å². The van der Waals surface area contributed by atoms with Gasteiger partial charge in [0.05, 0.1) is 6.61 Å². The Morgan fingerprint density at radius 1 is 0.952 bits per heavy atom. The van der Waals surface area contributed by atoms with E-state index in [1.54, 1.807) is 0 Å². The lowest BCUT2D eigenvalue weighted by atomic mass is 10.1. The van der Waals surface area contributed by atoms with Gasteiger partial charge in [-0.3, -0.25) is 0 Å². The standard InChI is InChI=1S/C17H31N3O/c1-4-6-7-8-9-10-11-12-13-18-16-14-17(21-5-2)20-15(3)19-16/h14H,4-13H2,1-3H3,(H,18,19,20). The van der Waals surface area contributed by atoms with E-state index in [0.29, 0.717) is 12.5 Å². The molecule has 0 radical (unpaired) electrons. The van der Waals surface area contributed by atoms with Crippen molar-refractivity contribution in [1.82, 2.24) is 9.97 Å². The normalized spacial score (nSPS) is 10.6. The molecule has 21 heavy (non-hydrogen) atoms. The zero-order valence-electron chi connectivity index (χ0n) is 14.0. The summed E-state index contributed by atoms with van der Waals surface area (Å²) in [5, 5.41) is 3.36. The van der Waals surface area contributed by atoms with E-state index in [1.807, 2.05) is 19.9 Å². The maximum absolute atomic E-state index is 5.43. The van der Waals surface area contributed by atoms with Gasteiger partial charge in [0.25, 0.3) is 0 Å². The van der Waals surface area contributed by atoms with Gasteiger partial charge in [-0.05, 0) is 20.3 Å². The minimum absolute atomic E-state index is 0.633. The van der Waals surface area contributed by atoms with E-state index in [4.69, 9.17) is 4.74 Å². The van der Waals surface area contributed by atoms with E-state index < -0.39 is 0 Å². The molecule has 4 nitrogen and oxygen atoms in total. The molecule has 0 aromatic carbocycles. The molecular weight excluding hydrogens is 262 g/mol. The molecule has 120 valence electrons. The maximum atomic E-state index is 5.43. The van der Waals surface area contributed by atoms with Crippen LogP contribution < -0.4 is 10.1 Å². The molecule has 0 aliphatic rings. The summed E-state index contributed by atoms with van der Waals surface area (Å²) >= 11 is 0. The molecule has 0 spiro atoms. The Morgan fingerprint density at radius 2 is 1.62 bits per heavy atom. The number of rotatable bonds is 12. The van der Waals surface area contributed by atoms with E-state index in [9.17, 15) is 0 Å². The molecule has 0 saturated heterocycles. The van der Waals surface area contributed by atoms with Gasteiger partial charge in [0.1, 0.15) is 11.6 Å². The lowest BCUT2D eigenvalue weighted by Crippen LogP contribution is -2.06. The van der Waals surface area contributed by atoms with Crippen LogP contribution in [0, 0.1) is 6.92 Å². The third kappa shape index (κ3) is 8.53. The monoisotopic (exact) mass is 293 g/mol. The van der Waals surface area contributed by atoms with Crippen molar-refractivity contribution in [2.75, 3.05) is 18.5 Å². The summed E-state index contributed by atoms with van der Waals surface area (Å²) in [4.78, 5) is 8.63. The molecule has 0 bridgehead atoms. The van der Waals surface area contributed by atoms with Crippen molar-refractivity contribution in [3.8, 4) is 5.88 Å². The van der Waals surface area contributed by atoms with Crippen LogP contribution in [-0.2, 0) is 0 Å². The fourth-order valence-electron chi connectivity index (χ4n) is 2.33. The fraction of sp³-hybridized carbons (Fsp3) is 0.765. The molecule has 0 amide bonds. The molecule has 0 aliphatic heterocycles. The van der Waals surface area contributed by atoms with Gasteiger partial charge >= 0.3 is 0 Å². The predicted molar refractivity (Wildman–Crippen MR) is 89.0 cm³/mol. The molecule has 1 aromatic heterocycles. The number of nitrogens with one attached hydrogen (secondary N) is 1. The van der Waals surface area contributed by atoms with Crippen molar-refractivity contribution in [3.63, 3.8) is 0 Å². The van der Waals surface area contributed by atoms with E-state index >= 15 is 0 Å². The molecule has 1 rings (SSSR count). The zero-order chi connectivity index (χ0) is 15.3. The van der Waals surface area contributed by atoms with Crippen molar-refractivity contribution in [2.45, 2.75) is 72.1 Å². The highest BCUT2D eigenvalue weighted by Crippen LogP contribution is 2.14. The highest BCUT2D eigenvalue weighted by molar-refractivity contribution is 5.38. The van der Waals surface area contributed by atoms with Gasteiger partial charge in [-0.1, -0.05) is 51.9 Å². The summed E-state index contributed by atoms with van der Waals surface area (Å²) in [7, 11) is 0. The molecular formula is C17H31N3O. The zero-order valence-corrected chi connectivity index (χ0v) is 14.0. The van der Waals surface area contributed by atoms with Gasteiger partial charge in [-0.2, -0.15) is 4.98 Å². The van der Waals surface area contributed by atoms with Crippen LogP contribution in [0.2, 0.25) is 0 Å². The average Bonchev–Trinajstić information content (AvgIpc) is 2.45. The van der Waals surface area contributed by atoms with Crippen LogP contribution in [0.3, 0.4) is 0 Å². The summed E-state index contributed by atoms with van der Waals surface area (Å²) in [5.41, 5.74) is 0. The second-order valence-corrected chi connectivity index (χ2v) is 5.47. The molecule has 4 heteroatoms. The highest BCUT2D eigenvalue weighted by Gasteiger charge is 2.01. The van der Waals surface area contributed by atoms with Crippen molar-refractivity contribution < 1.29 is 4.74 Å². The lowest BCUT2D eigenvalue weighted by Gasteiger charge is -2.08.